The van der Waals surface area contributed by atoms with Gasteiger partial charge in [0.15, 0.2) is 0 Å². The SMILES string of the molecule is CC(C)Oc1ccc(S(=O)(=O)N2CCC(c3cn(CC(=O)O)c4cc(-c5cccnc5)ccc34)CC2)cc1. The van der Waals surface area contributed by atoms with Gasteiger partial charge in [-0.1, -0.05) is 18.2 Å². The van der Waals surface area contributed by atoms with Crippen molar-refractivity contribution in [3.05, 3.63) is 78.8 Å². The van der Waals surface area contributed by atoms with Crippen molar-refractivity contribution < 1.29 is 23.1 Å². The molecule has 1 aliphatic heterocycles. The Morgan fingerprint density at radius 2 is 1.82 bits per heavy atom. The second-order valence-corrected chi connectivity index (χ2v) is 11.8. The van der Waals surface area contributed by atoms with Crippen LogP contribution in [0, 0.1) is 0 Å². The minimum atomic E-state index is -3.61. The number of rotatable bonds is 8. The number of hydrogen-bond donors (Lipinski definition) is 1. The maximum atomic E-state index is 13.3. The molecule has 2 aromatic carbocycles. The van der Waals surface area contributed by atoms with Gasteiger partial charge in [0.05, 0.1) is 11.0 Å². The Hall–Kier alpha value is -3.69. The topological polar surface area (TPSA) is 102 Å². The predicted octanol–water partition coefficient (Wildman–Crippen LogP) is 5.14. The third kappa shape index (κ3) is 5.30. The molecule has 1 N–H and O–H groups in total. The molecule has 1 fully saturated rings. The molecule has 198 valence electrons. The van der Waals surface area contributed by atoms with Crippen molar-refractivity contribution >= 4 is 26.9 Å². The third-order valence-electron chi connectivity index (χ3n) is 6.94. The Balaban J connectivity index is 1.37. The molecule has 0 radical (unpaired) electrons. The zero-order valence-electron chi connectivity index (χ0n) is 21.4. The van der Waals surface area contributed by atoms with Crippen LogP contribution in [-0.4, -0.2) is 52.5 Å². The van der Waals surface area contributed by atoms with Crippen LogP contribution in [0.2, 0.25) is 0 Å². The van der Waals surface area contributed by atoms with Gasteiger partial charge in [-0.2, -0.15) is 4.31 Å². The smallest absolute Gasteiger partial charge is 0.323 e. The van der Waals surface area contributed by atoms with Crippen LogP contribution in [0.1, 0.15) is 38.2 Å². The van der Waals surface area contributed by atoms with Crippen molar-refractivity contribution in [3.63, 3.8) is 0 Å². The average Bonchev–Trinajstić information content (AvgIpc) is 3.26. The molecule has 0 saturated carbocycles. The normalized spacial score (nSPS) is 15.2. The molecule has 38 heavy (non-hydrogen) atoms. The molecule has 0 spiro atoms. The minimum absolute atomic E-state index is 0.0138. The number of fused-ring (bicyclic) bond motifs is 1. The van der Waals surface area contributed by atoms with Gasteiger partial charge >= 0.3 is 5.97 Å². The van der Waals surface area contributed by atoms with Crippen molar-refractivity contribution in [2.75, 3.05) is 13.1 Å². The Kier molecular flexibility index (Phi) is 7.23. The van der Waals surface area contributed by atoms with E-state index >= 15 is 0 Å². The van der Waals surface area contributed by atoms with E-state index in [0.29, 0.717) is 31.7 Å². The molecule has 0 atom stereocenters. The fraction of sp³-hybridized carbons (Fsp3) is 0.310. The molecule has 0 bridgehead atoms. The molecule has 4 aromatic rings. The number of aliphatic carboxylic acids is 1. The van der Waals surface area contributed by atoms with Gasteiger partial charge in [-0.25, -0.2) is 8.42 Å². The number of piperidine rings is 1. The first-order valence-corrected chi connectivity index (χ1v) is 14.2. The number of hydrogen-bond acceptors (Lipinski definition) is 5. The highest BCUT2D eigenvalue weighted by molar-refractivity contribution is 7.89. The van der Waals surface area contributed by atoms with Gasteiger partial charge < -0.3 is 14.4 Å². The zero-order chi connectivity index (χ0) is 26.9. The van der Waals surface area contributed by atoms with Crippen LogP contribution >= 0.6 is 0 Å². The second-order valence-electron chi connectivity index (χ2n) is 9.90. The lowest BCUT2D eigenvalue weighted by molar-refractivity contribution is -0.137. The van der Waals surface area contributed by atoms with E-state index in [1.54, 1.807) is 45.5 Å². The van der Waals surface area contributed by atoms with Crippen LogP contribution in [0.3, 0.4) is 0 Å². The Labute approximate surface area is 222 Å². The first kappa shape index (κ1) is 25.9. The Morgan fingerprint density at radius 3 is 2.45 bits per heavy atom. The predicted molar refractivity (Wildman–Crippen MR) is 146 cm³/mol. The van der Waals surface area contributed by atoms with Gasteiger partial charge in [-0.3, -0.25) is 9.78 Å². The lowest BCUT2D eigenvalue weighted by Crippen LogP contribution is -2.37. The summed E-state index contributed by atoms with van der Waals surface area (Å²) >= 11 is 0. The third-order valence-corrected chi connectivity index (χ3v) is 8.85. The zero-order valence-corrected chi connectivity index (χ0v) is 22.3. The van der Waals surface area contributed by atoms with Gasteiger partial charge in [0.25, 0.3) is 0 Å². The number of carboxylic acids is 1. The molecular weight excluding hydrogens is 502 g/mol. The lowest BCUT2D eigenvalue weighted by Gasteiger charge is -2.31. The fourth-order valence-corrected chi connectivity index (χ4v) is 6.62. The van der Waals surface area contributed by atoms with E-state index in [-0.39, 0.29) is 23.5 Å². The number of benzene rings is 2. The van der Waals surface area contributed by atoms with Gasteiger partial charge in [0.2, 0.25) is 10.0 Å². The number of pyridine rings is 1. The van der Waals surface area contributed by atoms with Crippen molar-refractivity contribution in [3.8, 4) is 16.9 Å². The van der Waals surface area contributed by atoms with Crippen LogP contribution in [0.5, 0.6) is 5.75 Å². The lowest BCUT2D eigenvalue weighted by atomic mass is 9.89. The summed E-state index contributed by atoms with van der Waals surface area (Å²) < 4.78 is 35.5. The number of sulfonamides is 1. The second kappa shape index (κ2) is 10.6. The van der Waals surface area contributed by atoms with Crippen LogP contribution < -0.4 is 4.74 Å². The maximum absolute atomic E-state index is 13.3. The summed E-state index contributed by atoms with van der Waals surface area (Å²) in [4.78, 5) is 16.1. The molecule has 1 aliphatic rings. The summed E-state index contributed by atoms with van der Waals surface area (Å²) in [5.41, 5.74) is 3.84. The number of carboxylic acid groups (broad SMARTS) is 1. The molecule has 1 saturated heterocycles. The maximum Gasteiger partial charge on any atom is 0.323 e. The molecule has 9 heteroatoms. The molecule has 8 nitrogen and oxygen atoms in total. The number of nitrogens with zero attached hydrogens (tertiary/aromatic N) is 3. The molecule has 5 rings (SSSR count). The van der Waals surface area contributed by atoms with Crippen LogP contribution in [0.25, 0.3) is 22.0 Å². The minimum Gasteiger partial charge on any atom is -0.491 e. The molecule has 0 aliphatic carbocycles. The van der Waals surface area contributed by atoms with E-state index in [2.05, 4.69) is 4.98 Å². The van der Waals surface area contributed by atoms with Gasteiger partial charge in [-0.15, -0.1) is 0 Å². The Morgan fingerprint density at radius 1 is 1.08 bits per heavy atom. The molecule has 2 aromatic heterocycles. The highest BCUT2D eigenvalue weighted by atomic mass is 32.2. The van der Waals surface area contributed by atoms with Crippen LogP contribution in [0.15, 0.2) is 78.1 Å². The van der Waals surface area contributed by atoms with Gasteiger partial charge in [-0.05, 0) is 80.1 Å². The molecule has 0 unspecified atom stereocenters. The summed E-state index contributed by atoms with van der Waals surface area (Å²) in [5, 5.41) is 10.5. The standard InChI is InChI=1S/C29H31N3O5S/c1-20(2)37-24-6-8-25(9-7-24)38(35,36)32-14-11-21(12-15-32)27-18-31(19-29(33)34)28-16-22(5-10-26(27)28)23-4-3-13-30-17-23/h3-10,13,16-18,20-21H,11-12,14-15,19H2,1-2H3,(H,33,34). The summed E-state index contributed by atoms with van der Waals surface area (Å²) in [6.07, 6.45) is 6.76. The average molecular weight is 534 g/mol. The summed E-state index contributed by atoms with van der Waals surface area (Å²) in [7, 11) is -3.61. The first-order valence-electron chi connectivity index (χ1n) is 12.7. The van der Waals surface area contributed by atoms with Gasteiger partial charge in [0.1, 0.15) is 12.3 Å². The summed E-state index contributed by atoms with van der Waals surface area (Å²) in [5.74, 6) is -0.141. The number of carbonyl (C=O) groups is 1. The summed E-state index contributed by atoms with van der Waals surface area (Å²) in [6.45, 7) is 4.51. The monoisotopic (exact) mass is 533 g/mol. The first-order chi connectivity index (χ1) is 18.2. The Bertz CT molecular complexity index is 1540. The van der Waals surface area contributed by atoms with E-state index in [9.17, 15) is 18.3 Å². The van der Waals surface area contributed by atoms with Crippen LogP contribution in [-0.2, 0) is 21.4 Å². The molecule has 3 heterocycles. The van der Waals surface area contributed by atoms with Crippen LogP contribution in [0.4, 0.5) is 0 Å². The van der Waals surface area contributed by atoms with E-state index in [0.717, 1.165) is 27.6 Å². The highest BCUT2D eigenvalue weighted by Gasteiger charge is 2.31. The van der Waals surface area contributed by atoms with Crippen molar-refractivity contribution in [1.82, 2.24) is 13.9 Å². The highest BCUT2D eigenvalue weighted by Crippen LogP contribution is 2.37. The summed E-state index contributed by atoms with van der Waals surface area (Å²) in [6, 6.07) is 16.5. The van der Waals surface area contributed by atoms with Crippen molar-refractivity contribution in [1.29, 1.82) is 0 Å². The van der Waals surface area contributed by atoms with Crippen molar-refractivity contribution in [2.24, 2.45) is 0 Å². The van der Waals surface area contributed by atoms with E-state index in [1.807, 2.05) is 50.4 Å². The van der Waals surface area contributed by atoms with Gasteiger partial charge in [0, 0.05) is 48.1 Å². The largest absolute Gasteiger partial charge is 0.491 e. The number of aromatic nitrogens is 2. The van der Waals surface area contributed by atoms with E-state index in [4.69, 9.17) is 4.74 Å². The number of ether oxygens (including phenoxy) is 1. The fourth-order valence-electron chi connectivity index (χ4n) is 5.15. The quantitative estimate of drug-likeness (QED) is 0.336. The van der Waals surface area contributed by atoms with E-state index < -0.39 is 16.0 Å². The molecular formula is C29H31N3O5S. The molecule has 0 amide bonds. The van der Waals surface area contributed by atoms with Crippen molar-refractivity contribution in [2.45, 2.75) is 50.2 Å². The van der Waals surface area contributed by atoms with E-state index in [1.165, 1.54) is 0 Å².